The fraction of sp³-hybridized carbons (Fsp3) is 0.783. The number of carbonyl (C=O) groups excluding carboxylic acids is 1. The van der Waals surface area contributed by atoms with E-state index >= 15 is 0 Å². The lowest BCUT2D eigenvalue weighted by atomic mass is 9.46. The van der Waals surface area contributed by atoms with E-state index in [-0.39, 0.29) is 22.5 Å². The highest BCUT2D eigenvalue weighted by Gasteiger charge is 2.62. The number of hydrogen-bond acceptors (Lipinski definition) is 5. The SMILES string of the molecule is CC(=O)[C@H]1C(O)C[C@H]2[C@@H]3CCC4=CC(=NOCC(=O)O)CC[C@]4(C)[C@H]3CC[C@]12C. The Morgan fingerprint density at radius 3 is 2.66 bits per heavy atom. The lowest BCUT2D eigenvalue weighted by molar-refractivity contribution is -0.142. The third-order valence-electron chi connectivity index (χ3n) is 8.81. The van der Waals surface area contributed by atoms with E-state index in [9.17, 15) is 14.7 Å². The van der Waals surface area contributed by atoms with Crippen LogP contribution in [0.1, 0.15) is 65.7 Å². The van der Waals surface area contributed by atoms with Gasteiger partial charge in [-0.25, -0.2) is 4.79 Å². The third-order valence-corrected chi connectivity index (χ3v) is 8.81. The molecule has 0 aromatic carbocycles. The third kappa shape index (κ3) is 3.24. The van der Waals surface area contributed by atoms with Gasteiger partial charge in [-0.2, -0.15) is 0 Å². The van der Waals surface area contributed by atoms with E-state index in [0.717, 1.165) is 50.7 Å². The van der Waals surface area contributed by atoms with Gasteiger partial charge in [0.15, 0.2) is 0 Å². The van der Waals surface area contributed by atoms with Crippen LogP contribution in [0.3, 0.4) is 0 Å². The maximum absolute atomic E-state index is 12.3. The number of oxime groups is 1. The zero-order valence-corrected chi connectivity index (χ0v) is 17.7. The molecule has 29 heavy (non-hydrogen) atoms. The molecule has 3 saturated carbocycles. The smallest absolute Gasteiger partial charge is 0.344 e. The molecule has 3 fully saturated rings. The molecule has 4 aliphatic carbocycles. The summed E-state index contributed by atoms with van der Waals surface area (Å²) in [6, 6.07) is 0. The van der Waals surface area contributed by atoms with Crippen molar-refractivity contribution < 1.29 is 24.6 Å². The summed E-state index contributed by atoms with van der Waals surface area (Å²) in [4.78, 5) is 27.9. The van der Waals surface area contributed by atoms with Gasteiger partial charge in [-0.3, -0.25) is 4.79 Å². The molecular formula is C23H33NO5. The molecule has 0 amide bonds. The normalized spacial score (nSPS) is 45.0. The van der Waals surface area contributed by atoms with Gasteiger partial charge in [0.05, 0.1) is 11.8 Å². The highest BCUT2D eigenvalue weighted by Crippen LogP contribution is 2.66. The summed E-state index contributed by atoms with van der Waals surface area (Å²) in [5.74, 6) is 0.447. The van der Waals surface area contributed by atoms with Crippen molar-refractivity contribution in [3.8, 4) is 0 Å². The molecule has 1 unspecified atom stereocenters. The van der Waals surface area contributed by atoms with Crippen LogP contribution in [0.25, 0.3) is 0 Å². The molecule has 0 saturated heterocycles. The summed E-state index contributed by atoms with van der Waals surface area (Å²) in [6.07, 6.45) is 8.39. The fourth-order valence-corrected chi connectivity index (χ4v) is 7.56. The number of aliphatic hydroxyl groups excluding tert-OH is 1. The van der Waals surface area contributed by atoms with Crippen molar-refractivity contribution in [2.24, 2.45) is 39.7 Å². The summed E-state index contributed by atoms with van der Waals surface area (Å²) < 4.78 is 0. The molecule has 4 rings (SSSR count). The maximum Gasteiger partial charge on any atom is 0.344 e. The number of Topliss-reactive ketones (excluding diaryl/α,β-unsaturated/α-hetero) is 1. The predicted octanol–water partition coefficient (Wildman–Crippen LogP) is 3.58. The minimum Gasteiger partial charge on any atom is -0.479 e. The van der Waals surface area contributed by atoms with Gasteiger partial charge in [-0.05, 0) is 86.5 Å². The average molecular weight is 404 g/mol. The van der Waals surface area contributed by atoms with Gasteiger partial charge in [0.25, 0.3) is 0 Å². The number of aliphatic carboxylic acids is 1. The van der Waals surface area contributed by atoms with E-state index in [4.69, 9.17) is 9.94 Å². The van der Waals surface area contributed by atoms with Crippen LogP contribution in [0, 0.1) is 34.5 Å². The number of carbonyl (C=O) groups is 2. The molecule has 0 heterocycles. The number of nitrogens with zero attached hydrogens (tertiary/aromatic N) is 1. The average Bonchev–Trinajstić information content (AvgIpc) is 2.91. The maximum atomic E-state index is 12.3. The van der Waals surface area contributed by atoms with Crippen LogP contribution in [0.15, 0.2) is 16.8 Å². The molecule has 0 aliphatic heterocycles. The van der Waals surface area contributed by atoms with E-state index in [2.05, 4.69) is 25.1 Å². The molecule has 2 N–H and O–H groups in total. The second-order valence-electron chi connectivity index (χ2n) is 10.2. The number of allylic oxidation sites excluding steroid dienone is 2. The Kier molecular flexibility index (Phi) is 5.12. The first-order chi connectivity index (χ1) is 13.7. The predicted molar refractivity (Wildman–Crippen MR) is 108 cm³/mol. The Labute approximate surface area is 172 Å². The lowest BCUT2D eigenvalue weighted by Gasteiger charge is -2.58. The Hall–Kier alpha value is -1.69. The zero-order valence-electron chi connectivity index (χ0n) is 17.7. The number of aliphatic hydroxyl groups is 1. The van der Waals surface area contributed by atoms with Crippen LogP contribution in [0.4, 0.5) is 0 Å². The van der Waals surface area contributed by atoms with Gasteiger partial charge < -0.3 is 15.1 Å². The largest absolute Gasteiger partial charge is 0.479 e. The first-order valence-corrected chi connectivity index (χ1v) is 11.0. The summed E-state index contributed by atoms with van der Waals surface area (Å²) in [7, 11) is 0. The summed E-state index contributed by atoms with van der Waals surface area (Å²) in [6.45, 7) is 5.86. The standard InChI is InChI=1S/C23H33NO5/c1-13(25)21-19(26)11-18-16-5-4-14-10-15(24-29-12-20(27)28)6-8-22(14,2)17(16)7-9-23(18,21)3/h10,16-19,21,26H,4-9,11-12H2,1-3H3,(H,27,28)/t16-,17+,18+,19?,21+,22+,23+/m1/s1. The monoisotopic (exact) mass is 403 g/mol. The summed E-state index contributed by atoms with van der Waals surface area (Å²) in [5, 5.41) is 23.5. The van der Waals surface area contributed by atoms with Crippen molar-refractivity contribution in [1.82, 2.24) is 0 Å². The Balaban J connectivity index is 1.57. The first kappa shape index (κ1) is 20.6. The van der Waals surface area contributed by atoms with E-state index < -0.39 is 18.7 Å². The molecule has 0 aromatic rings. The van der Waals surface area contributed by atoms with E-state index in [1.807, 2.05) is 0 Å². The summed E-state index contributed by atoms with van der Waals surface area (Å²) in [5.41, 5.74) is 2.30. The molecule has 0 spiro atoms. The highest BCUT2D eigenvalue weighted by atomic mass is 16.6. The minimum atomic E-state index is -1.02. The molecule has 6 heteroatoms. The van der Waals surface area contributed by atoms with Crippen LogP contribution in [0.2, 0.25) is 0 Å². The van der Waals surface area contributed by atoms with Crippen LogP contribution in [0.5, 0.6) is 0 Å². The number of carboxylic acids is 1. The first-order valence-electron chi connectivity index (χ1n) is 11.0. The van der Waals surface area contributed by atoms with Crippen LogP contribution >= 0.6 is 0 Å². The van der Waals surface area contributed by atoms with Crippen molar-refractivity contribution in [1.29, 1.82) is 0 Å². The van der Waals surface area contributed by atoms with Crippen LogP contribution < -0.4 is 0 Å². The van der Waals surface area contributed by atoms with Crippen molar-refractivity contribution >= 4 is 17.5 Å². The molecule has 160 valence electrons. The van der Waals surface area contributed by atoms with Gasteiger partial charge in [0.2, 0.25) is 6.61 Å². The van der Waals surface area contributed by atoms with E-state index in [1.165, 1.54) is 5.57 Å². The Morgan fingerprint density at radius 2 is 1.97 bits per heavy atom. The lowest BCUT2D eigenvalue weighted by Crippen LogP contribution is -2.51. The van der Waals surface area contributed by atoms with Gasteiger partial charge in [0.1, 0.15) is 5.78 Å². The zero-order chi connectivity index (χ0) is 21.0. The Bertz CT molecular complexity index is 773. The molecular weight excluding hydrogens is 370 g/mol. The van der Waals surface area contributed by atoms with Gasteiger partial charge in [0, 0.05) is 5.92 Å². The van der Waals surface area contributed by atoms with Crippen LogP contribution in [-0.2, 0) is 14.4 Å². The van der Waals surface area contributed by atoms with Crippen molar-refractivity contribution in [3.05, 3.63) is 11.6 Å². The van der Waals surface area contributed by atoms with Crippen molar-refractivity contribution in [3.63, 3.8) is 0 Å². The van der Waals surface area contributed by atoms with Gasteiger partial charge in [-0.1, -0.05) is 24.6 Å². The van der Waals surface area contributed by atoms with Crippen LogP contribution in [-0.4, -0.2) is 40.4 Å². The van der Waals surface area contributed by atoms with Gasteiger partial charge in [-0.15, -0.1) is 0 Å². The molecule has 0 radical (unpaired) electrons. The quantitative estimate of drug-likeness (QED) is 0.700. The summed E-state index contributed by atoms with van der Waals surface area (Å²) >= 11 is 0. The highest BCUT2D eigenvalue weighted by molar-refractivity contribution is 5.96. The second-order valence-corrected chi connectivity index (χ2v) is 10.2. The number of fused-ring (bicyclic) bond motifs is 5. The minimum absolute atomic E-state index is 0.0735. The number of ketones is 1. The van der Waals surface area contributed by atoms with Crippen molar-refractivity contribution in [2.45, 2.75) is 71.8 Å². The fourth-order valence-electron chi connectivity index (χ4n) is 7.56. The van der Waals surface area contributed by atoms with Crippen molar-refractivity contribution in [2.75, 3.05) is 6.61 Å². The van der Waals surface area contributed by atoms with E-state index in [1.54, 1.807) is 6.92 Å². The number of carboxylic acid groups (broad SMARTS) is 1. The molecule has 0 aromatic heterocycles. The second kappa shape index (κ2) is 7.22. The molecule has 4 aliphatic rings. The van der Waals surface area contributed by atoms with E-state index in [0.29, 0.717) is 17.8 Å². The number of hydrogen-bond donors (Lipinski definition) is 2. The molecule has 6 nitrogen and oxygen atoms in total. The van der Waals surface area contributed by atoms with Gasteiger partial charge >= 0.3 is 5.97 Å². The Morgan fingerprint density at radius 1 is 1.21 bits per heavy atom. The molecule has 0 bridgehead atoms. The number of rotatable bonds is 4. The topological polar surface area (TPSA) is 96.2 Å². The molecule has 7 atom stereocenters.